The largest absolute Gasteiger partial charge is 0.492 e. The molecule has 0 radical (unpaired) electrons. The number of likely N-dealkylation sites (tertiary alicyclic amines) is 2. The first-order chi connectivity index (χ1) is 19.2. The van der Waals surface area contributed by atoms with Crippen molar-refractivity contribution in [3.63, 3.8) is 0 Å². The van der Waals surface area contributed by atoms with Crippen molar-refractivity contribution >= 4 is 38.1 Å². The number of aliphatic hydroxyl groups is 3. The quantitative estimate of drug-likeness (QED) is 0.190. The molecule has 3 rings (SSSR count). The fourth-order valence-electron chi connectivity index (χ4n) is 4.11. The van der Waals surface area contributed by atoms with Crippen LogP contribution in [0, 0.1) is 23.7 Å². The smallest absolute Gasteiger partial charge is 0.150 e. The fraction of sp³-hybridized carbons (Fsp3) is 0.774. The Hall–Kier alpha value is -0.550. The van der Waals surface area contributed by atoms with Crippen LogP contribution in [-0.4, -0.2) is 108 Å². The van der Waals surface area contributed by atoms with Gasteiger partial charge in [0.1, 0.15) is 18.6 Å². The summed E-state index contributed by atoms with van der Waals surface area (Å²) in [6, 6.07) is 7.24. The number of aliphatic hydroxyl groups excluding tert-OH is 3. The highest BCUT2D eigenvalue weighted by molar-refractivity contribution is 9.09. The predicted molar refractivity (Wildman–Crippen MR) is 174 cm³/mol. The third-order valence-corrected chi connectivity index (χ3v) is 8.49. The maximum absolute atomic E-state index is 10.5. The minimum Gasteiger partial charge on any atom is -0.492 e. The van der Waals surface area contributed by atoms with Crippen LogP contribution in [0.15, 0.2) is 24.3 Å². The number of alkyl halides is 2. The van der Waals surface area contributed by atoms with Crippen LogP contribution in [0.3, 0.4) is 0 Å². The summed E-state index contributed by atoms with van der Waals surface area (Å²) in [5, 5.41) is 27.4. The molecule has 0 aromatic heterocycles. The van der Waals surface area contributed by atoms with Crippen molar-refractivity contribution in [1.82, 2.24) is 9.80 Å². The van der Waals surface area contributed by atoms with Gasteiger partial charge >= 0.3 is 0 Å². The lowest BCUT2D eigenvalue weighted by atomic mass is 10.1. The predicted octanol–water partition coefficient (Wildman–Crippen LogP) is 5.34. The third kappa shape index (κ3) is 21.2. The summed E-state index contributed by atoms with van der Waals surface area (Å²) in [6.45, 7) is 16.7. The minimum absolute atomic E-state index is 0.181. The number of halogens is 2. The van der Waals surface area contributed by atoms with E-state index in [1.54, 1.807) is 12.1 Å². The van der Waals surface area contributed by atoms with E-state index in [0.717, 1.165) is 53.5 Å². The zero-order valence-electron chi connectivity index (χ0n) is 25.3. The van der Waals surface area contributed by atoms with Gasteiger partial charge in [0.2, 0.25) is 0 Å². The van der Waals surface area contributed by atoms with Gasteiger partial charge in [-0.2, -0.15) is 0 Å². The van der Waals surface area contributed by atoms with Crippen LogP contribution in [0.4, 0.5) is 0 Å². The first-order valence-electron chi connectivity index (χ1n) is 14.8. The number of benzene rings is 1. The highest BCUT2D eigenvalue weighted by Crippen LogP contribution is 2.16. The molecular formula is C31H56Br2N2O5. The Labute approximate surface area is 260 Å². The van der Waals surface area contributed by atoms with Crippen molar-refractivity contribution in [3.05, 3.63) is 29.8 Å². The summed E-state index contributed by atoms with van der Waals surface area (Å²) in [4.78, 5) is 15.2. The lowest BCUT2D eigenvalue weighted by molar-refractivity contribution is 0.112. The highest BCUT2D eigenvalue weighted by atomic mass is 79.9. The molecule has 0 amide bonds. The molecule has 1 aromatic carbocycles. The number of carbonyl (C=O) groups is 1. The first-order valence-corrected chi connectivity index (χ1v) is 17.0. The Morgan fingerprint density at radius 1 is 0.900 bits per heavy atom. The number of rotatable bonds is 13. The van der Waals surface area contributed by atoms with Crippen molar-refractivity contribution in [2.45, 2.75) is 53.4 Å². The number of hydrogen-bond donors (Lipinski definition) is 3. The zero-order chi connectivity index (χ0) is 30.2. The van der Waals surface area contributed by atoms with E-state index in [2.05, 4.69) is 62.4 Å². The van der Waals surface area contributed by atoms with Crippen LogP contribution >= 0.6 is 31.9 Å². The molecule has 2 aliphatic rings. The zero-order valence-corrected chi connectivity index (χ0v) is 28.5. The number of nitrogens with zero attached hydrogens (tertiary/aromatic N) is 2. The Kier molecular flexibility index (Phi) is 25.7. The minimum atomic E-state index is 0.181. The fourth-order valence-corrected chi connectivity index (χ4v) is 5.22. The second kappa shape index (κ2) is 26.1. The van der Waals surface area contributed by atoms with Gasteiger partial charge in [0, 0.05) is 55.6 Å². The van der Waals surface area contributed by atoms with Gasteiger partial charge in [0.25, 0.3) is 0 Å². The average molecular weight is 697 g/mol. The van der Waals surface area contributed by atoms with Gasteiger partial charge in [-0.3, -0.25) is 9.69 Å². The van der Waals surface area contributed by atoms with E-state index in [1.807, 2.05) is 19.1 Å². The van der Waals surface area contributed by atoms with Crippen molar-refractivity contribution in [1.29, 1.82) is 0 Å². The number of ether oxygens (including phenoxy) is 1. The van der Waals surface area contributed by atoms with Gasteiger partial charge in [-0.1, -0.05) is 59.6 Å². The molecule has 2 heterocycles. The summed E-state index contributed by atoms with van der Waals surface area (Å²) in [7, 11) is 0. The molecule has 0 unspecified atom stereocenters. The number of aldehydes is 1. The summed E-state index contributed by atoms with van der Waals surface area (Å²) in [6.07, 6.45) is 5.42. The lowest BCUT2D eigenvalue weighted by Crippen LogP contribution is -2.25. The van der Waals surface area contributed by atoms with E-state index in [0.29, 0.717) is 25.2 Å². The van der Waals surface area contributed by atoms with Crippen LogP contribution in [-0.2, 0) is 0 Å². The van der Waals surface area contributed by atoms with Crippen LogP contribution in [0.1, 0.15) is 63.7 Å². The molecule has 40 heavy (non-hydrogen) atoms. The van der Waals surface area contributed by atoms with E-state index in [-0.39, 0.29) is 19.1 Å². The van der Waals surface area contributed by atoms with Crippen LogP contribution in [0.2, 0.25) is 0 Å². The van der Waals surface area contributed by atoms with Gasteiger partial charge in [-0.15, -0.1) is 0 Å². The van der Waals surface area contributed by atoms with E-state index in [9.17, 15) is 4.79 Å². The molecule has 0 spiro atoms. The highest BCUT2D eigenvalue weighted by Gasteiger charge is 2.18. The Balaban J connectivity index is 0.000000560. The number of carbonyl (C=O) groups excluding carboxylic acids is 1. The average Bonchev–Trinajstić information content (AvgIpc) is 3.57. The summed E-state index contributed by atoms with van der Waals surface area (Å²) in [5.41, 5.74) is 0.686. The van der Waals surface area contributed by atoms with Gasteiger partial charge in [-0.05, 0) is 86.7 Å². The van der Waals surface area contributed by atoms with E-state index in [4.69, 9.17) is 20.1 Å². The van der Waals surface area contributed by atoms with E-state index in [1.165, 1.54) is 45.4 Å². The Bertz CT molecular complexity index is 699. The normalized spacial score (nSPS) is 20.2. The van der Waals surface area contributed by atoms with Crippen LogP contribution in [0.5, 0.6) is 5.75 Å². The summed E-state index contributed by atoms with van der Waals surface area (Å²) in [5.74, 6) is 3.57. The van der Waals surface area contributed by atoms with Crippen molar-refractivity contribution in [2.75, 3.05) is 76.4 Å². The topological polar surface area (TPSA) is 93.5 Å². The molecule has 9 heteroatoms. The molecule has 4 atom stereocenters. The Morgan fingerprint density at radius 3 is 1.82 bits per heavy atom. The SMILES string of the molecule is C[C@@H](CBr)CCBr.C[C@@H](CO)CCO.C[C@@H]1CCN(CCO)C1.C[C@@H]1CCN(CCOc2ccc(C=O)cc2)C1. The van der Waals surface area contributed by atoms with Crippen LogP contribution in [0.25, 0.3) is 0 Å². The molecule has 0 saturated carbocycles. The molecule has 2 aliphatic heterocycles. The number of hydrogen-bond acceptors (Lipinski definition) is 7. The molecular weight excluding hydrogens is 640 g/mol. The maximum Gasteiger partial charge on any atom is 0.150 e. The van der Waals surface area contributed by atoms with E-state index >= 15 is 0 Å². The van der Waals surface area contributed by atoms with Gasteiger partial charge in [-0.25, -0.2) is 0 Å². The van der Waals surface area contributed by atoms with Crippen molar-refractivity contribution < 1.29 is 24.9 Å². The Morgan fingerprint density at radius 2 is 1.48 bits per heavy atom. The van der Waals surface area contributed by atoms with Crippen molar-refractivity contribution in [2.24, 2.45) is 23.7 Å². The summed E-state index contributed by atoms with van der Waals surface area (Å²) >= 11 is 6.76. The van der Waals surface area contributed by atoms with Gasteiger partial charge < -0.3 is 25.0 Å². The lowest BCUT2D eigenvalue weighted by Gasteiger charge is -2.15. The molecule has 7 nitrogen and oxygen atoms in total. The molecule has 3 N–H and O–H groups in total. The molecule has 234 valence electrons. The standard InChI is InChI=1S/C14H19NO2.C7H15NO.C5H10Br2.C5H12O2/c1-12-6-7-15(10-12)8-9-17-14-4-2-13(11-16)3-5-14;1-7-2-3-8(6-7)4-5-9;2*1-5(4-7)2-3-6/h2-5,11-12H,6-10H2,1H3;7,9H,2-6H2,1H3;5H,2-4H2,1H3;5-7H,2-4H2,1H3/t12-;7-;2*5-/m1111/s1. The van der Waals surface area contributed by atoms with Crippen LogP contribution < -0.4 is 4.74 Å². The van der Waals surface area contributed by atoms with Crippen molar-refractivity contribution in [3.8, 4) is 5.75 Å². The van der Waals surface area contributed by atoms with E-state index < -0.39 is 0 Å². The number of β-amino-alcohol motifs (C(OH)–C–C–N with tert-alkyl or cyclic N) is 1. The first kappa shape index (κ1) is 39.5. The molecule has 0 bridgehead atoms. The second-order valence-corrected chi connectivity index (χ2v) is 12.6. The van der Waals surface area contributed by atoms with Gasteiger partial charge in [0.15, 0.2) is 0 Å². The molecule has 0 aliphatic carbocycles. The van der Waals surface area contributed by atoms with Gasteiger partial charge in [0.05, 0.1) is 6.61 Å². The maximum atomic E-state index is 10.5. The summed E-state index contributed by atoms with van der Waals surface area (Å²) < 4.78 is 5.65. The molecule has 1 aromatic rings. The third-order valence-electron chi connectivity index (χ3n) is 6.92. The monoisotopic (exact) mass is 694 g/mol. The molecule has 2 fully saturated rings. The second-order valence-electron chi connectivity index (χ2n) is 11.2. The molecule has 2 saturated heterocycles.